The van der Waals surface area contributed by atoms with Crippen LogP contribution in [0.25, 0.3) is 0 Å². The fourth-order valence-electron chi connectivity index (χ4n) is 2.87. The summed E-state index contributed by atoms with van der Waals surface area (Å²) in [5.74, 6) is 2.03. The van der Waals surface area contributed by atoms with Crippen molar-refractivity contribution in [1.82, 2.24) is 9.97 Å². The van der Waals surface area contributed by atoms with Crippen LogP contribution in [0.5, 0.6) is 0 Å². The molecular weight excluding hydrogens is 240 g/mol. The van der Waals surface area contributed by atoms with Gasteiger partial charge in [-0.1, -0.05) is 26.7 Å². The molecule has 1 aromatic rings. The van der Waals surface area contributed by atoms with E-state index in [0.29, 0.717) is 5.92 Å². The topological polar surface area (TPSA) is 70.1 Å². The maximum atomic E-state index is 9.71. The third-order valence-corrected chi connectivity index (χ3v) is 3.94. The van der Waals surface area contributed by atoms with E-state index in [9.17, 15) is 5.11 Å². The Morgan fingerprint density at radius 1 is 1.26 bits per heavy atom. The first-order chi connectivity index (χ1) is 9.12. The minimum atomic E-state index is -0.205. The second-order valence-corrected chi connectivity index (χ2v) is 5.66. The molecule has 2 rings (SSSR count). The van der Waals surface area contributed by atoms with Gasteiger partial charge < -0.3 is 15.7 Å². The second kappa shape index (κ2) is 5.74. The predicted octanol–water partition coefficient (Wildman–Crippen LogP) is 2.36. The third-order valence-electron chi connectivity index (χ3n) is 3.94. The molecule has 0 aromatic carbocycles. The number of nitrogens with one attached hydrogen (secondary N) is 2. The third kappa shape index (κ3) is 2.81. The summed E-state index contributed by atoms with van der Waals surface area (Å²) < 4.78 is 0. The molecule has 0 atom stereocenters. The van der Waals surface area contributed by atoms with Gasteiger partial charge in [0.2, 0.25) is 0 Å². The molecule has 0 saturated heterocycles. The number of rotatable bonds is 5. The predicted molar refractivity (Wildman–Crippen MR) is 77.6 cm³/mol. The summed E-state index contributed by atoms with van der Waals surface area (Å²) in [5, 5.41) is 16.3. The molecule has 1 fully saturated rings. The Hall–Kier alpha value is -1.36. The molecule has 0 radical (unpaired) electrons. The Balaban J connectivity index is 2.34. The molecule has 0 spiro atoms. The van der Waals surface area contributed by atoms with E-state index in [2.05, 4.69) is 34.4 Å². The number of aliphatic hydroxyl groups is 1. The normalized spacial score (nSPS) is 17.7. The molecule has 1 aliphatic rings. The zero-order valence-corrected chi connectivity index (χ0v) is 12.0. The first-order valence-electron chi connectivity index (χ1n) is 7.03. The maximum Gasteiger partial charge on any atom is 0.135 e. The van der Waals surface area contributed by atoms with Crippen LogP contribution in [0.3, 0.4) is 0 Å². The Labute approximate surface area is 114 Å². The highest BCUT2D eigenvalue weighted by Gasteiger charge is 2.34. The minimum Gasteiger partial charge on any atom is -0.394 e. The molecule has 1 heterocycles. The second-order valence-electron chi connectivity index (χ2n) is 5.66. The largest absolute Gasteiger partial charge is 0.394 e. The van der Waals surface area contributed by atoms with Crippen molar-refractivity contribution in [2.45, 2.75) is 51.0 Å². The van der Waals surface area contributed by atoms with Gasteiger partial charge in [0.1, 0.15) is 18.0 Å². The van der Waals surface area contributed by atoms with E-state index in [0.717, 1.165) is 42.9 Å². The lowest BCUT2D eigenvalue weighted by atomic mass is 9.97. The van der Waals surface area contributed by atoms with Crippen LogP contribution in [0.1, 0.15) is 51.0 Å². The molecule has 1 aromatic heterocycles. The van der Waals surface area contributed by atoms with Gasteiger partial charge in [-0.15, -0.1) is 0 Å². The van der Waals surface area contributed by atoms with E-state index in [1.165, 1.54) is 0 Å². The quantitative estimate of drug-likeness (QED) is 0.761. The lowest BCUT2D eigenvalue weighted by molar-refractivity contribution is 0.213. The van der Waals surface area contributed by atoms with Crippen LogP contribution in [0.2, 0.25) is 0 Å². The van der Waals surface area contributed by atoms with E-state index in [1.807, 2.05) is 7.05 Å². The van der Waals surface area contributed by atoms with Gasteiger partial charge in [0.15, 0.2) is 0 Å². The fraction of sp³-hybridized carbons (Fsp3) is 0.714. The first-order valence-corrected chi connectivity index (χ1v) is 7.03. The molecule has 0 bridgehead atoms. The highest BCUT2D eigenvalue weighted by atomic mass is 16.3. The van der Waals surface area contributed by atoms with Crippen molar-refractivity contribution in [3.8, 4) is 0 Å². The smallest absolute Gasteiger partial charge is 0.135 e. The molecule has 5 heteroatoms. The standard InChI is InChI=1S/C14H24N4O/c1-10(2)11-12(15-3)16-9-17-13(11)18-14(8-19)6-4-5-7-14/h9-10,19H,4-8H2,1-3H3,(H2,15,16,17,18). The number of hydrogen-bond donors (Lipinski definition) is 3. The molecule has 0 amide bonds. The van der Waals surface area contributed by atoms with Crippen molar-refractivity contribution < 1.29 is 5.11 Å². The van der Waals surface area contributed by atoms with E-state index in [1.54, 1.807) is 6.33 Å². The van der Waals surface area contributed by atoms with Crippen molar-refractivity contribution in [3.63, 3.8) is 0 Å². The Kier molecular flexibility index (Phi) is 4.24. The average Bonchev–Trinajstić information content (AvgIpc) is 2.87. The number of aliphatic hydroxyl groups excluding tert-OH is 1. The minimum absolute atomic E-state index is 0.156. The molecule has 0 aliphatic heterocycles. The molecule has 1 aliphatic carbocycles. The van der Waals surface area contributed by atoms with Gasteiger partial charge in [0.05, 0.1) is 12.1 Å². The van der Waals surface area contributed by atoms with Crippen molar-refractivity contribution in [1.29, 1.82) is 0 Å². The van der Waals surface area contributed by atoms with E-state index in [-0.39, 0.29) is 12.1 Å². The van der Waals surface area contributed by atoms with E-state index < -0.39 is 0 Å². The Bertz CT molecular complexity index is 427. The summed E-state index contributed by atoms with van der Waals surface area (Å²) in [6.07, 6.45) is 5.89. The molecule has 0 unspecified atom stereocenters. The van der Waals surface area contributed by atoms with Gasteiger partial charge in [-0.3, -0.25) is 0 Å². The number of nitrogens with zero attached hydrogens (tertiary/aromatic N) is 2. The summed E-state index contributed by atoms with van der Waals surface area (Å²) in [5.41, 5.74) is 0.882. The van der Waals surface area contributed by atoms with E-state index >= 15 is 0 Å². The summed E-state index contributed by atoms with van der Waals surface area (Å²) in [4.78, 5) is 8.67. The average molecular weight is 264 g/mol. The molecule has 1 saturated carbocycles. The highest BCUT2D eigenvalue weighted by Crippen LogP contribution is 2.36. The van der Waals surface area contributed by atoms with Crippen LogP contribution < -0.4 is 10.6 Å². The zero-order chi connectivity index (χ0) is 13.9. The Morgan fingerprint density at radius 2 is 1.89 bits per heavy atom. The van der Waals surface area contributed by atoms with Crippen molar-refractivity contribution in [2.24, 2.45) is 0 Å². The number of aromatic nitrogens is 2. The van der Waals surface area contributed by atoms with Crippen molar-refractivity contribution in [3.05, 3.63) is 11.9 Å². The van der Waals surface area contributed by atoms with Gasteiger partial charge in [0.25, 0.3) is 0 Å². The summed E-state index contributed by atoms with van der Waals surface area (Å²) in [6.45, 7) is 4.42. The van der Waals surface area contributed by atoms with Crippen LogP contribution in [-0.2, 0) is 0 Å². The van der Waals surface area contributed by atoms with Gasteiger partial charge in [-0.25, -0.2) is 9.97 Å². The van der Waals surface area contributed by atoms with E-state index in [4.69, 9.17) is 0 Å². The summed E-state index contributed by atoms with van der Waals surface area (Å²) in [7, 11) is 1.87. The van der Waals surface area contributed by atoms with Crippen LogP contribution in [0.4, 0.5) is 11.6 Å². The van der Waals surface area contributed by atoms with Crippen molar-refractivity contribution >= 4 is 11.6 Å². The van der Waals surface area contributed by atoms with Gasteiger partial charge in [-0.2, -0.15) is 0 Å². The van der Waals surface area contributed by atoms with Gasteiger partial charge >= 0.3 is 0 Å². The molecule has 3 N–H and O–H groups in total. The lowest BCUT2D eigenvalue weighted by Crippen LogP contribution is -2.39. The molecule has 106 valence electrons. The number of hydrogen-bond acceptors (Lipinski definition) is 5. The van der Waals surface area contributed by atoms with Gasteiger partial charge in [-0.05, 0) is 18.8 Å². The van der Waals surface area contributed by atoms with Crippen LogP contribution in [0.15, 0.2) is 6.33 Å². The number of anilines is 2. The van der Waals surface area contributed by atoms with Crippen molar-refractivity contribution in [2.75, 3.05) is 24.3 Å². The first kappa shape index (κ1) is 14.1. The maximum absolute atomic E-state index is 9.71. The highest BCUT2D eigenvalue weighted by molar-refractivity contribution is 5.59. The zero-order valence-electron chi connectivity index (χ0n) is 12.0. The van der Waals surface area contributed by atoms with Crippen LogP contribution in [-0.4, -0.2) is 34.3 Å². The lowest BCUT2D eigenvalue weighted by Gasteiger charge is -2.30. The molecule has 19 heavy (non-hydrogen) atoms. The summed E-state index contributed by atoms with van der Waals surface area (Å²) in [6, 6.07) is 0. The SMILES string of the molecule is CNc1ncnc(NC2(CO)CCCC2)c1C(C)C. The van der Waals surface area contributed by atoms with Gasteiger partial charge in [0, 0.05) is 12.6 Å². The van der Waals surface area contributed by atoms with Crippen LogP contribution in [0, 0.1) is 0 Å². The fourth-order valence-corrected chi connectivity index (χ4v) is 2.87. The Morgan fingerprint density at radius 3 is 2.42 bits per heavy atom. The monoisotopic (exact) mass is 264 g/mol. The molecular formula is C14H24N4O. The van der Waals surface area contributed by atoms with Crippen LogP contribution >= 0.6 is 0 Å². The summed E-state index contributed by atoms with van der Waals surface area (Å²) >= 11 is 0. The molecule has 5 nitrogen and oxygen atoms in total.